The van der Waals surface area contributed by atoms with Gasteiger partial charge in [-0.05, 0) is 0 Å². The van der Waals surface area contributed by atoms with E-state index in [2.05, 4.69) is 10.2 Å². The number of carbonyl (C=O) groups is 2. The molecule has 1 rings (SSSR count). The number of carboxylic acids is 1. The van der Waals surface area contributed by atoms with Crippen LogP contribution in [0.5, 0.6) is 0 Å². The van der Waals surface area contributed by atoms with E-state index in [1.807, 2.05) is 0 Å². The average molecular weight is 214 g/mol. The molecule has 1 heterocycles. The predicted octanol–water partition coefficient (Wildman–Crippen LogP) is -1.04. The molecule has 0 aromatic carbocycles. The Bertz CT molecular complexity index is 255. The summed E-state index contributed by atoms with van der Waals surface area (Å²) in [5.74, 6) is -1.06. The van der Waals surface area contributed by atoms with Crippen molar-refractivity contribution in [2.24, 2.45) is 5.73 Å². The lowest BCUT2D eigenvalue weighted by Crippen LogP contribution is -2.48. The Morgan fingerprint density at radius 3 is 2.20 bits per heavy atom. The Labute approximate surface area is 87.7 Å². The van der Waals surface area contributed by atoms with Crippen molar-refractivity contribution in [2.75, 3.05) is 32.7 Å². The maximum Gasteiger partial charge on any atom is 0.384 e. The molecule has 0 atom stereocenters. The summed E-state index contributed by atoms with van der Waals surface area (Å²) in [7, 11) is 0. The largest absolute Gasteiger partial charge is 0.476 e. The minimum atomic E-state index is -1.06. The van der Waals surface area contributed by atoms with Crippen LogP contribution in [-0.2, 0) is 4.79 Å². The van der Waals surface area contributed by atoms with Crippen LogP contribution in [0.3, 0.4) is 0 Å². The second-order valence-corrected chi connectivity index (χ2v) is 2.79. The standard InChI is InChI=1S/C5H11N3O.C3H3NO2/c6-5(9)8-3-1-7-2-4-8;1-4-2-3(5)6/h7H,1-4H2,(H2,6,9);2H2,(H,5,6). The van der Waals surface area contributed by atoms with E-state index in [0.717, 1.165) is 26.2 Å². The number of nitrogens with one attached hydrogen (secondary N) is 1. The van der Waals surface area contributed by atoms with Crippen molar-refractivity contribution in [1.29, 1.82) is 0 Å². The number of primary amides is 1. The normalized spacial score (nSPS) is 14.5. The van der Waals surface area contributed by atoms with E-state index in [1.54, 1.807) is 4.90 Å². The van der Waals surface area contributed by atoms with Gasteiger partial charge in [-0.2, -0.15) is 0 Å². The first-order valence-corrected chi connectivity index (χ1v) is 4.38. The van der Waals surface area contributed by atoms with Crippen LogP contribution in [0, 0.1) is 6.57 Å². The van der Waals surface area contributed by atoms with Gasteiger partial charge < -0.3 is 25.9 Å². The molecular formula is C8H14N4O3. The Kier molecular flexibility index (Phi) is 6.67. The molecule has 84 valence electrons. The van der Waals surface area contributed by atoms with Crippen molar-refractivity contribution in [3.05, 3.63) is 11.4 Å². The minimum Gasteiger partial charge on any atom is -0.476 e. The third-order valence-electron chi connectivity index (χ3n) is 1.64. The number of hydrogen-bond donors (Lipinski definition) is 3. The Morgan fingerprint density at radius 1 is 1.47 bits per heavy atom. The first-order valence-electron chi connectivity index (χ1n) is 4.38. The van der Waals surface area contributed by atoms with Crippen molar-refractivity contribution >= 4 is 12.0 Å². The van der Waals surface area contributed by atoms with Crippen molar-refractivity contribution in [3.8, 4) is 0 Å². The fourth-order valence-corrected chi connectivity index (χ4v) is 0.953. The summed E-state index contributed by atoms with van der Waals surface area (Å²) in [4.78, 5) is 24.1. The molecule has 0 aromatic heterocycles. The van der Waals surface area contributed by atoms with Crippen molar-refractivity contribution in [1.82, 2.24) is 10.2 Å². The summed E-state index contributed by atoms with van der Waals surface area (Å²) in [6.45, 7) is 8.78. The molecule has 15 heavy (non-hydrogen) atoms. The highest BCUT2D eigenvalue weighted by Gasteiger charge is 2.11. The molecule has 1 saturated heterocycles. The maximum atomic E-state index is 10.5. The van der Waals surface area contributed by atoms with Crippen molar-refractivity contribution < 1.29 is 14.7 Å². The van der Waals surface area contributed by atoms with Gasteiger partial charge in [0, 0.05) is 26.2 Å². The number of piperazine rings is 1. The van der Waals surface area contributed by atoms with Gasteiger partial charge in [0.1, 0.15) is 0 Å². The van der Waals surface area contributed by atoms with E-state index in [4.69, 9.17) is 17.4 Å². The van der Waals surface area contributed by atoms with Gasteiger partial charge in [-0.15, -0.1) is 0 Å². The summed E-state index contributed by atoms with van der Waals surface area (Å²) in [5.41, 5.74) is 5.03. The second kappa shape index (κ2) is 7.58. The molecule has 7 nitrogen and oxygen atoms in total. The van der Waals surface area contributed by atoms with E-state index in [9.17, 15) is 9.59 Å². The first kappa shape index (κ1) is 13.2. The smallest absolute Gasteiger partial charge is 0.384 e. The molecule has 0 unspecified atom stereocenters. The summed E-state index contributed by atoms with van der Waals surface area (Å²) < 4.78 is 0. The van der Waals surface area contributed by atoms with Gasteiger partial charge in [0.15, 0.2) is 0 Å². The molecule has 0 saturated carbocycles. The lowest BCUT2D eigenvalue weighted by molar-refractivity contribution is -0.134. The SMILES string of the molecule is NC(=O)N1CCNCC1.[C-]#[N+]CC(=O)O. The number of rotatable bonds is 1. The number of aliphatic carboxylic acids is 1. The van der Waals surface area contributed by atoms with E-state index in [0.29, 0.717) is 0 Å². The maximum absolute atomic E-state index is 10.5. The van der Waals surface area contributed by atoms with Gasteiger partial charge in [-0.1, -0.05) is 0 Å². The molecule has 1 fully saturated rings. The lowest BCUT2D eigenvalue weighted by atomic mass is 10.4. The highest BCUT2D eigenvalue weighted by atomic mass is 16.4. The fourth-order valence-electron chi connectivity index (χ4n) is 0.953. The third kappa shape index (κ3) is 7.28. The van der Waals surface area contributed by atoms with Gasteiger partial charge in [0.05, 0.1) is 0 Å². The third-order valence-corrected chi connectivity index (χ3v) is 1.64. The number of amides is 2. The van der Waals surface area contributed by atoms with Gasteiger partial charge in [0.25, 0.3) is 0 Å². The van der Waals surface area contributed by atoms with Crippen LogP contribution >= 0.6 is 0 Å². The number of carboxylic acid groups (broad SMARTS) is 1. The summed E-state index contributed by atoms with van der Waals surface area (Å²) in [6, 6.07) is -0.309. The quantitative estimate of drug-likeness (QED) is 0.485. The zero-order chi connectivity index (χ0) is 11.7. The molecule has 1 aliphatic heterocycles. The monoisotopic (exact) mass is 214 g/mol. The van der Waals surface area contributed by atoms with Crippen molar-refractivity contribution in [2.45, 2.75) is 0 Å². The van der Waals surface area contributed by atoms with Crippen LogP contribution in [0.1, 0.15) is 0 Å². The molecule has 2 amide bonds. The molecule has 0 aromatic rings. The minimum absolute atomic E-state index is 0.309. The average Bonchev–Trinajstić information content (AvgIpc) is 2.20. The number of nitrogens with zero attached hydrogens (tertiary/aromatic N) is 2. The van der Waals surface area contributed by atoms with Gasteiger partial charge >= 0.3 is 18.5 Å². The molecule has 4 N–H and O–H groups in total. The van der Waals surface area contributed by atoms with Crippen LogP contribution in [-0.4, -0.2) is 54.7 Å². The highest BCUT2D eigenvalue weighted by molar-refractivity contribution is 5.72. The van der Waals surface area contributed by atoms with Gasteiger partial charge in [0.2, 0.25) is 0 Å². The molecule has 0 spiro atoms. The summed E-state index contributed by atoms with van der Waals surface area (Å²) in [5, 5.41) is 10.8. The van der Waals surface area contributed by atoms with Crippen LogP contribution in [0.4, 0.5) is 4.79 Å². The van der Waals surface area contributed by atoms with E-state index in [1.165, 1.54) is 0 Å². The number of carbonyl (C=O) groups excluding carboxylic acids is 1. The Morgan fingerprint density at radius 2 is 2.00 bits per heavy atom. The molecule has 7 heteroatoms. The van der Waals surface area contributed by atoms with Gasteiger partial charge in [-0.25, -0.2) is 16.2 Å². The summed E-state index contributed by atoms with van der Waals surface area (Å²) in [6.07, 6.45) is 0. The first-order chi connectivity index (χ1) is 7.07. The van der Waals surface area contributed by atoms with E-state index >= 15 is 0 Å². The zero-order valence-electron chi connectivity index (χ0n) is 8.27. The molecule has 0 bridgehead atoms. The topological polar surface area (TPSA) is 100 Å². The van der Waals surface area contributed by atoms with Crippen molar-refractivity contribution in [3.63, 3.8) is 0 Å². The Balaban J connectivity index is 0.000000288. The molecular weight excluding hydrogens is 200 g/mol. The number of urea groups is 1. The van der Waals surface area contributed by atoms with E-state index < -0.39 is 12.5 Å². The van der Waals surface area contributed by atoms with Gasteiger partial charge in [-0.3, -0.25) is 0 Å². The Hall–Kier alpha value is -1.81. The summed E-state index contributed by atoms with van der Waals surface area (Å²) >= 11 is 0. The second-order valence-electron chi connectivity index (χ2n) is 2.79. The van der Waals surface area contributed by atoms with Crippen LogP contribution < -0.4 is 11.1 Å². The van der Waals surface area contributed by atoms with Crippen LogP contribution in [0.2, 0.25) is 0 Å². The fraction of sp³-hybridized carbons (Fsp3) is 0.625. The zero-order valence-corrected chi connectivity index (χ0v) is 8.27. The van der Waals surface area contributed by atoms with E-state index in [-0.39, 0.29) is 6.03 Å². The molecule has 0 radical (unpaired) electrons. The lowest BCUT2D eigenvalue weighted by Gasteiger charge is -2.25. The van der Waals surface area contributed by atoms with Crippen LogP contribution in [0.25, 0.3) is 4.85 Å². The number of hydrogen-bond acceptors (Lipinski definition) is 3. The predicted molar refractivity (Wildman–Crippen MR) is 53.1 cm³/mol. The molecule has 1 aliphatic rings. The highest BCUT2D eigenvalue weighted by Crippen LogP contribution is 1.89. The molecule has 0 aliphatic carbocycles. The van der Waals surface area contributed by atoms with Crippen LogP contribution in [0.15, 0.2) is 0 Å². The number of nitrogens with two attached hydrogens (primary N) is 1.